The van der Waals surface area contributed by atoms with E-state index in [0.29, 0.717) is 5.69 Å². The quantitative estimate of drug-likeness (QED) is 0.630. The maximum absolute atomic E-state index is 13.3. The molecule has 2 aromatic carbocycles. The maximum Gasteiger partial charge on any atom is 0.339 e. The van der Waals surface area contributed by atoms with Crippen LogP contribution in [0.2, 0.25) is 0 Å². The molecule has 6 nitrogen and oxygen atoms in total. The molecule has 0 aliphatic heterocycles. The van der Waals surface area contributed by atoms with Crippen LogP contribution in [0.15, 0.2) is 48.5 Å². The van der Waals surface area contributed by atoms with Crippen molar-refractivity contribution < 1.29 is 23.5 Å². The second-order valence-electron chi connectivity index (χ2n) is 4.70. The van der Waals surface area contributed by atoms with Crippen molar-refractivity contribution in [2.45, 2.75) is 0 Å². The molecule has 0 bridgehead atoms. The van der Waals surface area contributed by atoms with Gasteiger partial charge < -0.3 is 20.1 Å². The minimum absolute atomic E-state index is 0.104. The molecule has 0 atom stereocenters. The van der Waals surface area contributed by atoms with Crippen molar-refractivity contribution >= 4 is 17.7 Å². The molecule has 2 N–H and O–H groups in total. The molecule has 0 unspecified atom stereocenters. The van der Waals surface area contributed by atoms with Crippen LogP contribution in [0.3, 0.4) is 0 Å². The number of hydrogen-bond acceptors (Lipinski definition) is 4. The van der Waals surface area contributed by atoms with Gasteiger partial charge in [-0.15, -0.1) is 0 Å². The van der Waals surface area contributed by atoms with E-state index in [4.69, 9.17) is 4.74 Å². The standard InChI is InChI=1S/C17H17FN2O4/c1-23-16(21)12-6-2-4-8-14(12)20-17(22)19-10-11-24-15-9-5-3-7-13(15)18/h2-9H,10-11H2,1H3,(H2,19,20,22). The highest BCUT2D eigenvalue weighted by Crippen LogP contribution is 2.16. The molecule has 7 heteroatoms. The van der Waals surface area contributed by atoms with Gasteiger partial charge in [0.2, 0.25) is 0 Å². The van der Waals surface area contributed by atoms with E-state index in [2.05, 4.69) is 15.4 Å². The van der Waals surface area contributed by atoms with Crippen LogP contribution in [0, 0.1) is 5.82 Å². The molecule has 0 heterocycles. The third kappa shape index (κ3) is 4.70. The highest BCUT2D eigenvalue weighted by Gasteiger charge is 2.12. The number of esters is 1. The van der Waals surface area contributed by atoms with Crippen molar-refractivity contribution in [2.75, 3.05) is 25.6 Å². The third-order valence-electron chi connectivity index (χ3n) is 3.06. The fourth-order valence-corrected chi connectivity index (χ4v) is 1.93. The summed E-state index contributed by atoms with van der Waals surface area (Å²) in [4.78, 5) is 23.5. The van der Waals surface area contributed by atoms with E-state index in [1.54, 1.807) is 36.4 Å². The molecule has 0 saturated carbocycles. The van der Waals surface area contributed by atoms with Crippen LogP contribution < -0.4 is 15.4 Å². The van der Waals surface area contributed by atoms with Crippen LogP contribution in [0.4, 0.5) is 14.9 Å². The summed E-state index contributed by atoms with van der Waals surface area (Å²) in [6.07, 6.45) is 0. The Bertz CT molecular complexity index is 721. The number of rotatable bonds is 6. The lowest BCUT2D eigenvalue weighted by Crippen LogP contribution is -2.32. The van der Waals surface area contributed by atoms with E-state index in [1.807, 2.05) is 0 Å². The van der Waals surface area contributed by atoms with Crippen molar-refractivity contribution in [3.8, 4) is 5.75 Å². The maximum atomic E-state index is 13.3. The molecule has 126 valence electrons. The third-order valence-corrected chi connectivity index (χ3v) is 3.06. The minimum Gasteiger partial charge on any atom is -0.489 e. The number of carbonyl (C=O) groups is 2. The summed E-state index contributed by atoms with van der Waals surface area (Å²) in [5.74, 6) is -0.890. The van der Waals surface area contributed by atoms with Gasteiger partial charge in [-0.3, -0.25) is 0 Å². The van der Waals surface area contributed by atoms with Crippen LogP contribution in [0.1, 0.15) is 10.4 Å². The zero-order valence-electron chi connectivity index (χ0n) is 13.0. The van der Waals surface area contributed by atoms with Gasteiger partial charge in [0, 0.05) is 0 Å². The summed E-state index contributed by atoms with van der Waals surface area (Å²) in [5, 5.41) is 5.11. The number of halogens is 1. The van der Waals surface area contributed by atoms with Crippen molar-refractivity contribution in [3.05, 3.63) is 59.9 Å². The van der Waals surface area contributed by atoms with Gasteiger partial charge in [0.05, 0.1) is 24.9 Å². The van der Waals surface area contributed by atoms with Gasteiger partial charge in [-0.2, -0.15) is 0 Å². The highest BCUT2D eigenvalue weighted by atomic mass is 19.1. The van der Waals surface area contributed by atoms with E-state index in [0.717, 1.165) is 0 Å². The Kier molecular flexibility index (Phi) is 6.13. The van der Waals surface area contributed by atoms with E-state index < -0.39 is 17.8 Å². The second-order valence-corrected chi connectivity index (χ2v) is 4.70. The van der Waals surface area contributed by atoms with Gasteiger partial charge in [0.25, 0.3) is 0 Å². The zero-order chi connectivity index (χ0) is 17.4. The van der Waals surface area contributed by atoms with Crippen LogP contribution in [0.25, 0.3) is 0 Å². The predicted octanol–water partition coefficient (Wildman–Crippen LogP) is 2.81. The molecule has 0 saturated heterocycles. The summed E-state index contributed by atoms with van der Waals surface area (Å²) < 4.78 is 23.2. The molecular formula is C17H17FN2O4. The van der Waals surface area contributed by atoms with E-state index in [1.165, 1.54) is 19.2 Å². The first-order valence-corrected chi connectivity index (χ1v) is 7.21. The number of anilines is 1. The lowest BCUT2D eigenvalue weighted by molar-refractivity contribution is 0.0602. The number of hydrogen-bond donors (Lipinski definition) is 2. The molecular weight excluding hydrogens is 315 g/mol. The number of para-hydroxylation sites is 2. The molecule has 0 aliphatic carbocycles. The number of benzene rings is 2. The average Bonchev–Trinajstić information content (AvgIpc) is 2.60. The fourth-order valence-electron chi connectivity index (χ4n) is 1.93. The van der Waals surface area contributed by atoms with Gasteiger partial charge in [0.1, 0.15) is 6.61 Å². The number of amides is 2. The molecule has 0 aromatic heterocycles. The summed E-state index contributed by atoms with van der Waals surface area (Å²) in [6.45, 7) is 0.271. The number of carbonyl (C=O) groups excluding carboxylic acids is 2. The van der Waals surface area contributed by atoms with Gasteiger partial charge >= 0.3 is 12.0 Å². The van der Waals surface area contributed by atoms with Crippen LogP contribution in [-0.4, -0.2) is 32.3 Å². The van der Waals surface area contributed by atoms with Crippen molar-refractivity contribution in [3.63, 3.8) is 0 Å². The van der Waals surface area contributed by atoms with E-state index in [9.17, 15) is 14.0 Å². The van der Waals surface area contributed by atoms with Crippen LogP contribution in [-0.2, 0) is 4.74 Å². The molecule has 0 spiro atoms. The SMILES string of the molecule is COC(=O)c1ccccc1NC(=O)NCCOc1ccccc1F. The lowest BCUT2D eigenvalue weighted by atomic mass is 10.2. The van der Waals surface area contributed by atoms with Crippen molar-refractivity contribution in [1.29, 1.82) is 0 Å². The van der Waals surface area contributed by atoms with Gasteiger partial charge in [-0.1, -0.05) is 24.3 Å². The molecule has 0 radical (unpaired) electrons. The molecule has 0 fully saturated rings. The first-order valence-electron chi connectivity index (χ1n) is 7.21. The summed E-state index contributed by atoms with van der Waals surface area (Å²) in [5.41, 5.74) is 0.578. The predicted molar refractivity (Wildman–Crippen MR) is 86.7 cm³/mol. The number of urea groups is 1. The Labute approximate surface area is 138 Å². The average molecular weight is 332 g/mol. The minimum atomic E-state index is -0.547. The summed E-state index contributed by atoms with van der Waals surface area (Å²) in [7, 11) is 1.26. The first-order chi connectivity index (χ1) is 11.6. The van der Waals surface area contributed by atoms with Crippen LogP contribution in [0.5, 0.6) is 5.75 Å². The molecule has 24 heavy (non-hydrogen) atoms. The summed E-state index contributed by atoms with van der Waals surface area (Å²) >= 11 is 0. The monoisotopic (exact) mass is 332 g/mol. The molecule has 2 amide bonds. The highest BCUT2D eigenvalue weighted by molar-refractivity contribution is 6.00. The molecule has 2 rings (SSSR count). The number of methoxy groups -OCH3 is 1. The van der Waals surface area contributed by atoms with Gasteiger partial charge in [-0.05, 0) is 24.3 Å². The largest absolute Gasteiger partial charge is 0.489 e. The smallest absolute Gasteiger partial charge is 0.339 e. The Balaban J connectivity index is 1.82. The zero-order valence-corrected chi connectivity index (χ0v) is 13.0. The molecule has 2 aromatic rings. The van der Waals surface area contributed by atoms with Crippen LogP contribution >= 0.6 is 0 Å². The van der Waals surface area contributed by atoms with Gasteiger partial charge in [-0.25, -0.2) is 14.0 Å². The Morgan fingerprint density at radius 2 is 1.79 bits per heavy atom. The Hall–Kier alpha value is -3.09. The summed E-state index contributed by atoms with van der Waals surface area (Å²) in [6, 6.07) is 12.0. The fraction of sp³-hybridized carbons (Fsp3) is 0.176. The van der Waals surface area contributed by atoms with E-state index in [-0.39, 0.29) is 24.5 Å². The first kappa shape index (κ1) is 17.3. The normalized spacial score (nSPS) is 9.92. The van der Waals surface area contributed by atoms with E-state index >= 15 is 0 Å². The number of ether oxygens (including phenoxy) is 2. The van der Waals surface area contributed by atoms with Crippen molar-refractivity contribution in [2.24, 2.45) is 0 Å². The number of nitrogens with one attached hydrogen (secondary N) is 2. The second kappa shape index (κ2) is 8.52. The Morgan fingerprint density at radius 1 is 1.08 bits per heavy atom. The van der Waals surface area contributed by atoms with Gasteiger partial charge in [0.15, 0.2) is 11.6 Å². The Morgan fingerprint density at radius 3 is 2.54 bits per heavy atom. The lowest BCUT2D eigenvalue weighted by Gasteiger charge is -2.11. The topological polar surface area (TPSA) is 76.7 Å². The molecule has 0 aliphatic rings. The van der Waals surface area contributed by atoms with Crippen molar-refractivity contribution in [1.82, 2.24) is 5.32 Å².